The predicted molar refractivity (Wildman–Crippen MR) is 148 cm³/mol. The van der Waals surface area contributed by atoms with E-state index in [9.17, 15) is 9.18 Å². The Kier molecular flexibility index (Phi) is 9.47. The van der Waals surface area contributed by atoms with E-state index < -0.39 is 5.97 Å². The van der Waals surface area contributed by atoms with Crippen LogP contribution in [0.4, 0.5) is 4.39 Å². The summed E-state index contributed by atoms with van der Waals surface area (Å²) in [6, 6.07) is 11.7. The number of ether oxygens (including phenoxy) is 3. The molecule has 0 spiro atoms. The maximum Gasteiger partial charge on any atom is 0.340 e. The molecule has 0 bridgehead atoms. The number of esters is 1. The summed E-state index contributed by atoms with van der Waals surface area (Å²) in [7, 11) is 3.87. The Hall–Kier alpha value is -3.91. The first-order valence-corrected chi connectivity index (χ1v) is 12.4. The van der Waals surface area contributed by atoms with E-state index in [1.165, 1.54) is 12.1 Å². The number of benzene rings is 2. The molecule has 1 aliphatic rings. The average molecular weight is 522 g/mol. The smallest absolute Gasteiger partial charge is 0.340 e. The molecular formula is C30H36FN3O4. The Morgan fingerprint density at radius 3 is 2.55 bits per heavy atom. The number of pyridine rings is 1. The molecule has 0 aliphatic carbocycles. The van der Waals surface area contributed by atoms with Gasteiger partial charge < -0.3 is 18.8 Å². The van der Waals surface area contributed by atoms with Gasteiger partial charge in [0.2, 0.25) is 0 Å². The summed E-state index contributed by atoms with van der Waals surface area (Å²) in [5.41, 5.74) is 4.75. The minimum atomic E-state index is -0.416. The summed E-state index contributed by atoms with van der Waals surface area (Å²) in [5, 5.41) is 0.790. The molecule has 3 heterocycles. The van der Waals surface area contributed by atoms with Gasteiger partial charge in [-0.25, -0.2) is 9.18 Å². The first-order valence-electron chi connectivity index (χ1n) is 12.4. The third kappa shape index (κ3) is 5.50. The maximum atomic E-state index is 13.3. The van der Waals surface area contributed by atoms with E-state index in [2.05, 4.69) is 4.98 Å². The molecule has 0 atom stereocenters. The molecule has 2 aromatic heterocycles. The summed E-state index contributed by atoms with van der Waals surface area (Å²) in [4.78, 5) is 19.6. The Morgan fingerprint density at radius 1 is 1.16 bits per heavy atom. The highest BCUT2D eigenvalue weighted by atomic mass is 19.1. The van der Waals surface area contributed by atoms with E-state index in [0.29, 0.717) is 30.3 Å². The van der Waals surface area contributed by atoms with Gasteiger partial charge in [0.15, 0.2) is 0 Å². The van der Waals surface area contributed by atoms with Gasteiger partial charge in [-0.15, -0.1) is 0 Å². The number of aryl methyl sites for hydroxylation is 1. The minimum absolute atomic E-state index is 0. The zero-order valence-electron chi connectivity index (χ0n) is 21.9. The van der Waals surface area contributed by atoms with Gasteiger partial charge in [-0.2, -0.15) is 0 Å². The number of hydrogen-bond donors (Lipinski definition) is 0. The quantitative estimate of drug-likeness (QED) is 0.267. The number of rotatable bonds is 6. The summed E-state index contributed by atoms with van der Waals surface area (Å²) in [6.07, 6.45) is 3.53. The van der Waals surface area contributed by atoms with Gasteiger partial charge in [-0.3, -0.25) is 9.88 Å². The lowest BCUT2D eigenvalue weighted by molar-refractivity contribution is 0.0525. The predicted octanol–water partition coefficient (Wildman–Crippen LogP) is 6.58. The van der Waals surface area contributed by atoms with Crippen molar-refractivity contribution in [3.63, 3.8) is 0 Å². The van der Waals surface area contributed by atoms with Crippen LogP contribution in [0.25, 0.3) is 22.0 Å². The Morgan fingerprint density at radius 2 is 1.89 bits per heavy atom. The largest absolute Gasteiger partial charge is 0.487 e. The number of aromatic nitrogens is 2. The van der Waals surface area contributed by atoms with E-state index in [-0.39, 0.29) is 26.5 Å². The number of halogens is 1. The van der Waals surface area contributed by atoms with Crippen molar-refractivity contribution < 1.29 is 23.4 Å². The second kappa shape index (κ2) is 12.6. The zero-order valence-corrected chi connectivity index (χ0v) is 21.9. The van der Waals surface area contributed by atoms with E-state index in [1.54, 1.807) is 31.5 Å². The molecule has 7 nitrogen and oxygen atoms in total. The van der Waals surface area contributed by atoms with Crippen LogP contribution >= 0.6 is 0 Å². The topological polar surface area (TPSA) is 65.8 Å². The lowest BCUT2D eigenvalue weighted by Crippen LogP contribution is -2.28. The van der Waals surface area contributed by atoms with E-state index in [4.69, 9.17) is 14.2 Å². The van der Waals surface area contributed by atoms with Gasteiger partial charge in [0.05, 0.1) is 23.4 Å². The van der Waals surface area contributed by atoms with Gasteiger partial charge in [-0.1, -0.05) is 27.3 Å². The van der Waals surface area contributed by atoms with Crippen molar-refractivity contribution in [3.8, 4) is 22.6 Å². The Bertz CT molecular complexity index is 1380. The molecule has 0 saturated carbocycles. The third-order valence-electron chi connectivity index (χ3n) is 6.16. The van der Waals surface area contributed by atoms with Crippen molar-refractivity contribution in [3.05, 3.63) is 77.5 Å². The van der Waals surface area contributed by atoms with Crippen molar-refractivity contribution >= 4 is 16.9 Å². The molecule has 2 aromatic carbocycles. The molecule has 0 unspecified atom stereocenters. The summed E-state index contributed by atoms with van der Waals surface area (Å²) in [6.45, 7) is 7.19. The molecule has 0 saturated heterocycles. The second-order valence-corrected chi connectivity index (χ2v) is 8.50. The number of fused-ring (bicyclic) bond motifs is 3. The molecule has 5 rings (SSSR count). The molecule has 0 N–H and O–H groups in total. The normalized spacial score (nSPS) is 12.5. The highest BCUT2D eigenvalue weighted by molar-refractivity contribution is 6.09. The summed E-state index contributed by atoms with van der Waals surface area (Å²) < 4.78 is 32.9. The molecule has 0 fully saturated rings. The summed E-state index contributed by atoms with van der Waals surface area (Å²) >= 11 is 0. The molecule has 8 heteroatoms. The fourth-order valence-corrected chi connectivity index (χ4v) is 4.52. The van der Waals surface area contributed by atoms with Crippen molar-refractivity contribution in [2.45, 2.75) is 41.3 Å². The van der Waals surface area contributed by atoms with Crippen molar-refractivity contribution in [1.29, 1.82) is 0 Å². The fraction of sp³-hybridized carbons (Fsp3) is 0.333. The molecular weight excluding hydrogens is 485 g/mol. The first-order chi connectivity index (χ1) is 18.0. The van der Waals surface area contributed by atoms with Crippen LogP contribution in [0.5, 0.6) is 11.5 Å². The number of carbonyl (C=O) groups is 1. The van der Waals surface area contributed by atoms with Gasteiger partial charge in [0.25, 0.3) is 0 Å². The van der Waals surface area contributed by atoms with Crippen LogP contribution in [-0.4, -0.2) is 40.8 Å². The highest BCUT2D eigenvalue weighted by Gasteiger charge is 2.30. The van der Waals surface area contributed by atoms with Crippen molar-refractivity contribution in [1.82, 2.24) is 14.5 Å². The maximum absolute atomic E-state index is 13.3. The van der Waals surface area contributed by atoms with Gasteiger partial charge >= 0.3 is 5.97 Å². The first kappa shape index (κ1) is 28.7. The van der Waals surface area contributed by atoms with E-state index in [1.807, 2.05) is 55.6 Å². The van der Waals surface area contributed by atoms with Crippen LogP contribution in [-0.2, 0) is 24.9 Å². The van der Waals surface area contributed by atoms with E-state index in [0.717, 1.165) is 33.3 Å². The van der Waals surface area contributed by atoms with Gasteiger partial charge in [0.1, 0.15) is 30.7 Å². The van der Waals surface area contributed by atoms with Crippen LogP contribution in [0.15, 0.2) is 54.9 Å². The van der Waals surface area contributed by atoms with Crippen LogP contribution in [0.1, 0.15) is 49.8 Å². The van der Waals surface area contributed by atoms with Crippen molar-refractivity contribution in [2.75, 3.05) is 20.4 Å². The third-order valence-corrected chi connectivity index (χ3v) is 6.16. The SMILES string of the molecule is C.CC.CCOC(=O)c1c(COc2ccc(F)cc2)n(C)c2cc(-c3cccnc3)c3c(c12)CN(C)CO3. The second-order valence-electron chi connectivity index (χ2n) is 8.50. The van der Waals surface area contributed by atoms with Crippen LogP contribution in [0.3, 0.4) is 0 Å². The highest BCUT2D eigenvalue weighted by Crippen LogP contribution is 2.44. The molecule has 0 amide bonds. The van der Waals surface area contributed by atoms with Crippen LogP contribution < -0.4 is 9.47 Å². The molecule has 0 radical (unpaired) electrons. The molecule has 4 aromatic rings. The standard InChI is InChI=1S/C27H26FN3O4.C2H6.CH4/c1-4-33-27(32)25-23(15-34-19-9-7-18(28)8-10-19)31(3)22-12-20(17-6-5-11-29-13-17)26-21(24(22)25)14-30(2)16-35-26;1-2;/h5-13H,4,14-16H2,1-3H3;1-2H3;1H4. The van der Waals surface area contributed by atoms with Crippen molar-refractivity contribution in [2.24, 2.45) is 7.05 Å². The number of nitrogens with zero attached hydrogens (tertiary/aromatic N) is 3. The fourth-order valence-electron chi connectivity index (χ4n) is 4.52. The molecule has 1 aliphatic heterocycles. The minimum Gasteiger partial charge on any atom is -0.487 e. The zero-order chi connectivity index (χ0) is 26.5. The van der Waals surface area contributed by atoms with Crippen LogP contribution in [0, 0.1) is 5.82 Å². The average Bonchev–Trinajstić information content (AvgIpc) is 3.21. The monoisotopic (exact) mass is 521 g/mol. The number of hydrogen-bond acceptors (Lipinski definition) is 6. The van der Waals surface area contributed by atoms with Gasteiger partial charge in [-0.05, 0) is 50.4 Å². The Balaban J connectivity index is 0.00000130. The van der Waals surface area contributed by atoms with Gasteiger partial charge in [0, 0.05) is 48.1 Å². The lowest BCUT2D eigenvalue weighted by Gasteiger charge is -2.28. The molecule has 202 valence electrons. The number of carbonyl (C=O) groups excluding carboxylic acids is 1. The lowest BCUT2D eigenvalue weighted by atomic mass is 9.96. The van der Waals surface area contributed by atoms with Crippen LogP contribution in [0.2, 0.25) is 0 Å². The summed E-state index contributed by atoms with van der Waals surface area (Å²) in [5.74, 6) is 0.492. The molecule has 38 heavy (non-hydrogen) atoms. The van der Waals surface area contributed by atoms with E-state index >= 15 is 0 Å². The Labute approximate surface area is 223 Å².